The van der Waals surface area contributed by atoms with E-state index in [9.17, 15) is 4.79 Å². The molecule has 0 unspecified atom stereocenters. The lowest BCUT2D eigenvalue weighted by atomic mass is 10.1. The van der Waals surface area contributed by atoms with Crippen LogP contribution in [0.25, 0.3) is 0 Å². The van der Waals surface area contributed by atoms with Crippen molar-refractivity contribution in [3.63, 3.8) is 0 Å². The number of rotatable bonds is 6. The third kappa shape index (κ3) is 5.47. The van der Waals surface area contributed by atoms with E-state index in [-0.39, 0.29) is 12.1 Å². The highest BCUT2D eigenvalue weighted by molar-refractivity contribution is 5.88. The summed E-state index contributed by atoms with van der Waals surface area (Å²) in [6.45, 7) is 1.81. The zero-order chi connectivity index (χ0) is 20.6. The first-order valence-corrected chi connectivity index (χ1v) is 10.0. The van der Waals surface area contributed by atoms with Gasteiger partial charge in [0.05, 0.1) is 6.20 Å². The van der Waals surface area contributed by atoms with E-state index in [0.29, 0.717) is 25.5 Å². The molecule has 30 heavy (non-hydrogen) atoms. The second-order valence-corrected chi connectivity index (χ2v) is 7.07. The second kappa shape index (κ2) is 9.73. The van der Waals surface area contributed by atoms with Crippen molar-refractivity contribution in [2.75, 3.05) is 18.4 Å². The second-order valence-electron chi connectivity index (χ2n) is 7.07. The van der Waals surface area contributed by atoms with Crippen LogP contribution in [0.1, 0.15) is 18.4 Å². The number of piperidine rings is 1. The van der Waals surface area contributed by atoms with Crippen LogP contribution in [0.2, 0.25) is 0 Å². The van der Waals surface area contributed by atoms with Crippen LogP contribution in [0, 0.1) is 0 Å². The molecular formula is C23H24N4O3. The molecule has 0 saturated carbocycles. The molecule has 7 nitrogen and oxygen atoms in total. The average molecular weight is 404 g/mol. The lowest BCUT2D eigenvalue weighted by molar-refractivity contribution is 0.115. The van der Waals surface area contributed by atoms with Gasteiger partial charge < -0.3 is 14.4 Å². The molecule has 1 fully saturated rings. The van der Waals surface area contributed by atoms with Gasteiger partial charge in [-0.15, -0.1) is 0 Å². The van der Waals surface area contributed by atoms with Gasteiger partial charge in [-0.3, -0.25) is 10.3 Å². The SMILES string of the molecule is O=C(Nc1cnccn1)N1CCC(Oc2ccc(OCc3ccccc3)cc2)CC1. The molecule has 0 aliphatic carbocycles. The van der Waals surface area contributed by atoms with E-state index in [1.807, 2.05) is 54.6 Å². The highest BCUT2D eigenvalue weighted by Crippen LogP contribution is 2.23. The van der Waals surface area contributed by atoms with E-state index in [4.69, 9.17) is 9.47 Å². The summed E-state index contributed by atoms with van der Waals surface area (Å²) in [6.07, 6.45) is 6.29. The molecule has 154 valence electrons. The Hall–Kier alpha value is -3.61. The quantitative estimate of drug-likeness (QED) is 0.668. The van der Waals surface area contributed by atoms with Crippen molar-refractivity contribution in [3.8, 4) is 11.5 Å². The number of benzene rings is 2. The Kier molecular flexibility index (Phi) is 6.39. The summed E-state index contributed by atoms with van der Waals surface area (Å²) < 4.78 is 11.9. The molecule has 2 aromatic carbocycles. The number of nitrogens with zero attached hydrogens (tertiary/aromatic N) is 3. The molecular weight excluding hydrogens is 380 g/mol. The first-order chi connectivity index (χ1) is 14.8. The van der Waals surface area contributed by atoms with E-state index in [2.05, 4.69) is 15.3 Å². The third-order valence-electron chi connectivity index (χ3n) is 4.90. The Labute approximate surface area is 175 Å². The van der Waals surface area contributed by atoms with Gasteiger partial charge in [0.15, 0.2) is 5.82 Å². The van der Waals surface area contributed by atoms with Crippen molar-refractivity contribution >= 4 is 11.8 Å². The molecule has 1 N–H and O–H groups in total. The minimum Gasteiger partial charge on any atom is -0.490 e. The minimum absolute atomic E-state index is 0.0849. The molecule has 4 rings (SSSR count). The van der Waals surface area contributed by atoms with Crippen molar-refractivity contribution in [2.45, 2.75) is 25.6 Å². The van der Waals surface area contributed by atoms with E-state index in [1.54, 1.807) is 17.3 Å². The van der Waals surface area contributed by atoms with Crippen molar-refractivity contribution < 1.29 is 14.3 Å². The Morgan fingerprint density at radius 2 is 1.73 bits per heavy atom. The molecule has 1 aromatic heterocycles. The number of hydrogen-bond donors (Lipinski definition) is 1. The van der Waals surface area contributed by atoms with E-state index in [1.165, 1.54) is 6.20 Å². The molecule has 2 amide bonds. The molecule has 1 aliphatic heterocycles. The van der Waals surface area contributed by atoms with Gasteiger partial charge in [-0.1, -0.05) is 30.3 Å². The lowest BCUT2D eigenvalue weighted by Crippen LogP contribution is -2.43. The number of aromatic nitrogens is 2. The van der Waals surface area contributed by atoms with Crippen LogP contribution in [0.15, 0.2) is 73.2 Å². The molecule has 0 radical (unpaired) electrons. The fourth-order valence-electron chi connectivity index (χ4n) is 3.28. The number of anilines is 1. The molecule has 0 spiro atoms. The van der Waals surface area contributed by atoms with Gasteiger partial charge in [0, 0.05) is 38.3 Å². The maximum absolute atomic E-state index is 12.3. The summed E-state index contributed by atoms with van der Waals surface area (Å²) in [6, 6.07) is 17.6. The van der Waals surface area contributed by atoms with E-state index >= 15 is 0 Å². The van der Waals surface area contributed by atoms with Crippen LogP contribution in [-0.2, 0) is 6.61 Å². The number of nitrogens with one attached hydrogen (secondary N) is 1. The maximum atomic E-state index is 12.3. The average Bonchev–Trinajstić information content (AvgIpc) is 2.80. The van der Waals surface area contributed by atoms with Crippen LogP contribution >= 0.6 is 0 Å². The highest BCUT2D eigenvalue weighted by Gasteiger charge is 2.24. The van der Waals surface area contributed by atoms with Crippen LogP contribution in [-0.4, -0.2) is 40.1 Å². The summed E-state index contributed by atoms with van der Waals surface area (Å²) in [5.74, 6) is 2.07. The van der Waals surface area contributed by atoms with Crippen LogP contribution < -0.4 is 14.8 Å². The smallest absolute Gasteiger partial charge is 0.323 e. The largest absolute Gasteiger partial charge is 0.490 e. The van der Waals surface area contributed by atoms with Gasteiger partial charge in [0.1, 0.15) is 24.2 Å². The number of hydrogen-bond acceptors (Lipinski definition) is 5. The number of ether oxygens (including phenoxy) is 2. The Bertz CT molecular complexity index is 928. The van der Waals surface area contributed by atoms with Gasteiger partial charge in [0.2, 0.25) is 0 Å². The summed E-state index contributed by atoms with van der Waals surface area (Å²) in [7, 11) is 0. The van der Waals surface area contributed by atoms with Crippen LogP contribution in [0.3, 0.4) is 0 Å². The molecule has 1 aliphatic rings. The summed E-state index contributed by atoms with van der Waals surface area (Å²) in [5.41, 5.74) is 1.13. The van der Waals surface area contributed by atoms with Gasteiger partial charge in [0.25, 0.3) is 0 Å². The van der Waals surface area contributed by atoms with Crippen molar-refractivity contribution in [1.29, 1.82) is 0 Å². The lowest BCUT2D eigenvalue weighted by Gasteiger charge is -2.32. The Morgan fingerprint density at radius 1 is 1.00 bits per heavy atom. The van der Waals surface area contributed by atoms with Crippen LogP contribution in [0.5, 0.6) is 11.5 Å². The van der Waals surface area contributed by atoms with Crippen molar-refractivity contribution in [2.24, 2.45) is 0 Å². The zero-order valence-corrected chi connectivity index (χ0v) is 16.6. The summed E-state index contributed by atoms with van der Waals surface area (Å²) in [4.78, 5) is 22.1. The molecule has 0 atom stereocenters. The molecule has 3 aromatic rings. The Balaban J connectivity index is 1.21. The van der Waals surface area contributed by atoms with E-state index < -0.39 is 0 Å². The topological polar surface area (TPSA) is 76.6 Å². The monoisotopic (exact) mass is 404 g/mol. The van der Waals surface area contributed by atoms with Gasteiger partial charge in [-0.2, -0.15) is 0 Å². The first-order valence-electron chi connectivity index (χ1n) is 10.0. The predicted octanol–water partition coefficient (Wildman–Crippen LogP) is 4.13. The zero-order valence-electron chi connectivity index (χ0n) is 16.6. The minimum atomic E-state index is -0.158. The molecule has 2 heterocycles. The molecule has 1 saturated heterocycles. The Morgan fingerprint density at radius 3 is 2.43 bits per heavy atom. The van der Waals surface area contributed by atoms with Crippen molar-refractivity contribution in [3.05, 3.63) is 78.8 Å². The third-order valence-corrected chi connectivity index (χ3v) is 4.90. The number of carbonyl (C=O) groups is 1. The van der Waals surface area contributed by atoms with Crippen LogP contribution in [0.4, 0.5) is 10.6 Å². The normalized spacial score (nSPS) is 14.2. The maximum Gasteiger partial charge on any atom is 0.323 e. The van der Waals surface area contributed by atoms with Crippen molar-refractivity contribution in [1.82, 2.24) is 14.9 Å². The summed E-state index contributed by atoms with van der Waals surface area (Å²) in [5, 5.41) is 2.76. The standard InChI is InChI=1S/C23H24N4O3/c28-23(26-22-16-24-12-13-25-22)27-14-10-21(11-15-27)30-20-8-6-19(7-9-20)29-17-18-4-2-1-3-5-18/h1-9,12-13,16,21H,10-11,14-15,17H2,(H,25,26,28). The molecule has 0 bridgehead atoms. The number of amides is 2. The number of likely N-dealkylation sites (tertiary alicyclic amines) is 1. The summed E-state index contributed by atoms with van der Waals surface area (Å²) >= 11 is 0. The van der Waals surface area contributed by atoms with Gasteiger partial charge >= 0.3 is 6.03 Å². The van der Waals surface area contributed by atoms with E-state index in [0.717, 1.165) is 29.9 Å². The van der Waals surface area contributed by atoms with Gasteiger partial charge in [-0.25, -0.2) is 9.78 Å². The first kappa shape index (κ1) is 19.7. The highest BCUT2D eigenvalue weighted by atomic mass is 16.5. The predicted molar refractivity (Wildman–Crippen MR) is 113 cm³/mol. The van der Waals surface area contributed by atoms with Gasteiger partial charge in [-0.05, 0) is 29.8 Å². The molecule has 7 heteroatoms. The fourth-order valence-corrected chi connectivity index (χ4v) is 3.28. The number of urea groups is 1. The fraction of sp³-hybridized carbons (Fsp3) is 0.261. The number of carbonyl (C=O) groups excluding carboxylic acids is 1.